The summed E-state index contributed by atoms with van der Waals surface area (Å²) < 4.78 is 8.55. The van der Waals surface area contributed by atoms with Gasteiger partial charge in [0.15, 0.2) is 11.5 Å². The Hall–Kier alpha value is -4.10. The molecule has 0 atom stereocenters. The second-order valence-corrected chi connectivity index (χ2v) is 11.9. The van der Waals surface area contributed by atoms with Crippen LogP contribution in [0.4, 0.5) is 11.4 Å². The highest BCUT2D eigenvalue weighted by Gasteiger charge is 2.26. The summed E-state index contributed by atoms with van der Waals surface area (Å²) in [7, 11) is 0. The van der Waals surface area contributed by atoms with Gasteiger partial charge in [0.1, 0.15) is 0 Å². The average Bonchev–Trinajstić information content (AvgIpc) is 3.01. The minimum atomic E-state index is 0.560. The third kappa shape index (κ3) is 6.68. The van der Waals surface area contributed by atoms with Crippen LogP contribution in [0.15, 0.2) is 93.9 Å². The topological polar surface area (TPSA) is 60.1 Å². The van der Waals surface area contributed by atoms with Crippen LogP contribution < -0.4 is 9.64 Å². The summed E-state index contributed by atoms with van der Waals surface area (Å²) in [6.07, 6.45) is 8.36. The number of rotatable bonds is 9. The lowest BCUT2D eigenvalue weighted by molar-refractivity contribution is 0.470. The molecule has 1 heterocycles. The van der Waals surface area contributed by atoms with Crippen molar-refractivity contribution in [3.8, 4) is 23.6 Å². The van der Waals surface area contributed by atoms with Gasteiger partial charge in [0.2, 0.25) is 0 Å². The second kappa shape index (κ2) is 13.7. The molecule has 0 fully saturated rings. The van der Waals surface area contributed by atoms with Crippen LogP contribution in [0.5, 0.6) is 11.5 Å². The molecule has 0 unspecified atom stereocenters. The van der Waals surface area contributed by atoms with E-state index in [0.717, 1.165) is 73.5 Å². The van der Waals surface area contributed by atoms with E-state index in [2.05, 4.69) is 68.0 Å². The first-order chi connectivity index (χ1) is 20.5. The van der Waals surface area contributed by atoms with Crippen molar-refractivity contribution in [2.75, 3.05) is 11.4 Å². The van der Waals surface area contributed by atoms with Crippen LogP contribution in [-0.4, -0.2) is 6.54 Å². The number of ether oxygens (including phenoxy) is 1. The molecule has 6 heteroatoms. The maximum Gasteiger partial charge on any atom is 0.158 e. The Balaban J connectivity index is 1.57. The third-order valence-electron chi connectivity index (χ3n) is 7.20. The maximum atomic E-state index is 10.0. The van der Waals surface area contributed by atoms with Gasteiger partial charge < -0.3 is 9.64 Å². The van der Waals surface area contributed by atoms with Gasteiger partial charge >= 0.3 is 0 Å². The van der Waals surface area contributed by atoms with Gasteiger partial charge in [-0.3, -0.25) is 0 Å². The van der Waals surface area contributed by atoms with E-state index < -0.39 is 0 Å². The molecule has 0 saturated heterocycles. The lowest BCUT2D eigenvalue weighted by atomic mass is 10.0. The Bertz CT molecular complexity index is 1730. The number of nitriles is 2. The minimum absolute atomic E-state index is 0.560. The van der Waals surface area contributed by atoms with Crippen LogP contribution in [0.2, 0.25) is 0 Å². The summed E-state index contributed by atoms with van der Waals surface area (Å²) in [5.74, 6) is 1.45. The van der Waals surface area contributed by atoms with Gasteiger partial charge in [-0.2, -0.15) is 10.5 Å². The number of halogens is 2. The molecule has 4 nitrogen and oxygen atoms in total. The lowest BCUT2D eigenvalue weighted by Gasteiger charge is -2.34. The zero-order valence-electron chi connectivity index (χ0n) is 23.3. The quantitative estimate of drug-likeness (QED) is 0.100. The van der Waals surface area contributed by atoms with Gasteiger partial charge in [-0.1, -0.05) is 101 Å². The first-order valence-corrected chi connectivity index (χ1v) is 15.6. The van der Waals surface area contributed by atoms with Crippen molar-refractivity contribution in [3.63, 3.8) is 0 Å². The van der Waals surface area contributed by atoms with E-state index in [1.807, 2.05) is 84.9 Å². The highest BCUT2D eigenvalue weighted by molar-refractivity contribution is 9.10. The molecule has 5 rings (SSSR count). The Morgan fingerprint density at radius 3 is 2.02 bits per heavy atom. The van der Waals surface area contributed by atoms with E-state index in [1.165, 1.54) is 12.8 Å². The molecule has 1 aliphatic heterocycles. The van der Waals surface area contributed by atoms with Crippen molar-refractivity contribution >= 4 is 66.5 Å². The molecular formula is C36H29Br2N3O. The fourth-order valence-electron chi connectivity index (χ4n) is 5.02. The number of para-hydroxylation sites is 1. The molecule has 0 bridgehead atoms. The maximum absolute atomic E-state index is 10.0. The summed E-state index contributed by atoms with van der Waals surface area (Å²) in [5.41, 5.74) is 6.52. The number of benzene rings is 4. The van der Waals surface area contributed by atoms with Crippen molar-refractivity contribution in [2.45, 2.75) is 32.6 Å². The normalized spacial score (nSPS) is 12.5. The Morgan fingerprint density at radius 1 is 0.762 bits per heavy atom. The molecule has 4 aromatic rings. The number of hydrogen-bond acceptors (Lipinski definition) is 4. The van der Waals surface area contributed by atoms with Crippen LogP contribution in [0.25, 0.3) is 23.3 Å². The van der Waals surface area contributed by atoms with E-state index >= 15 is 0 Å². The zero-order valence-corrected chi connectivity index (χ0v) is 26.5. The number of allylic oxidation sites excluding steroid dienone is 2. The predicted octanol–water partition coefficient (Wildman–Crippen LogP) is 11.2. The number of fused-ring (bicyclic) bond motifs is 2. The molecule has 4 aromatic carbocycles. The molecule has 0 spiro atoms. The van der Waals surface area contributed by atoms with Gasteiger partial charge in [-0.25, -0.2) is 0 Å². The summed E-state index contributed by atoms with van der Waals surface area (Å²) in [4.78, 5) is 2.32. The van der Waals surface area contributed by atoms with E-state index in [9.17, 15) is 10.5 Å². The summed E-state index contributed by atoms with van der Waals surface area (Å²) in [5, 5.41) is 19.9. The van der Waals surface area contributed by atoms with Crippen molar-refractivity contribution in [3.05, 3.63) is 116 Å². The molecule has 208 valence electrons. The van der Waals surface area contributed by atoms with E-state index in [0.29, 0.717) is 11.1 Å². The van der Waals surface area contributed by atoms with Crippen LogP contribution in [0.3, 0.4) is 0 Å². The van der Waals surface area contributed by atoms with E-state index in [4.69, 9.17) is 4.74 Å². The fraction of sp³-hybridized carbons (Fsp3) is 0.167. The highest BCUT2D eigenvalue weighted by Crippen LogP contribution is 2.49. The van der Waals surface area contributed by atoms with Gasteiger partial charge in [-0.15, -0.1) is 0 Å². The molecule has 0 amide bonds. The van der Waals surface area contributed by atoms with Gasteiger partial charge in [0, 0.05) is 21.1 Å². The number of hydrogen-bond donors (Lipinski definition) is 0. The summed E-state index contributed by atoms with van der Waals surface area (Å²) >= 11 is 6.94. The Labute approximate surface area is 264 Å². The van der Waals surface area contributed by atoms with Crippen molar-refractivity contribution in [1.29, 1.82) is 10.5 Å². The van der Waals surface area contributed by atoms with Crippen LogP contribution in [-0.2, 0) is 0 Å². The first kappa shape index (κ1) is 29.4. The molecule has 0 aromatic heterocycles. The first-order valence-electron chi connectivity index (χ1n) is 14.0. The zero-order chi connectivity index (χ0) is 29.5. The summed E-state index contributed by atoms with van der Waals surface area (Å²) in [6, 6.07) is 32.4. The molecule has 0 radical (unpaired) electrons. The van der Waals surface area contributed by atoms with Crippen molar-refractivity contribution < 1.29 is 4.74 Å². The minimum Gasteiger partial charge on any atom is -0.452 e. The molecule has 0 N–H and O–H groups in total. The summed E-state index contributed by atoms with van der Waals surface area (Å²) in [6.45, 7) is 3.07. The molecule has 1 aliphatic rings. The lowest BCUT2D eigenvalue weighted by Crippen LogP contribution is -2.23. The predicted molar refractivity (Wildman–Crippen MR) is 179 cm³/mol. The van der Waals surface area contributed by atoms with Crippen LogP contribution in [0.1, 0.15) is 54.9 Å². The standard InChI is InChI=1S/C36H29Br2N3O/c1-2-3-4-5-19-41-33-18-9-25(20-29(23-39)26-10-14-31(37)15-11-26)21-35(33)42-36-28(7-6-8-34(36)41)22-30(24-40)27-12-16-32(38)17-13-27/h6-18,20-22H,2-5,19H2,1H3/b29-20+,30-22+. The van der Waals surface area contributed by atoms with Crippen LogP contribution >= 0.6 is 31.9 Å². The highest BCUT2D eigenvalue weighted by atomic mass is 79.9. The van der Waals surface area contributed by atoms with Gasteiger partial charge in [-0.05, 0) is 77.7 Å². The SMILES string of the molecule is CCCCCCN1c2ccc(/C=C(\C#N)c3ccc(Br)cc3)cc2Oc2c(/C=C(\C#N)c3ccc(Br)cc3)cccc21. The number of nitrogens with zero attached hydrogens (tertiary/aromatic N) is 3. The monoisotopic (exact) mass is 677 g/mol. The smallest absolute Gasteiger partial charge is 0.158 e. The number of anilines is 2. The van der Waals surface area contributed by atoms with Gasteiger partial charge in [0.05, 0.1) is 34.7 Å². The molecular weight excluding hydrogens is 650 g/mol. The van der Waals surface area contributed by atoms with E-state index in [-0.39, 0.29) is 0 Å². The molecule has 0 aliphatic carbocycles. The second-order valence-electron chi connectivity index (χ2n) is 10.1. The van der Waals surface area contributed by atoms with Crippen LogP contribution in [0, 0.1) is 22.7 Å². The average molecular weight is 679 g/mol. The largest absolute Gasteiger partial charge is 0.452 e. The van der Waals surface area contributed by atoms with Crippen molar-refractivity contribution in [1.82, 2.24) is 0 Å². The Morgan fingerprint density at radius 2 is 1.40 bits per heavy atom. The van der Waals surface area contributed by atoms with Gasteiger partial charge in [0.25, 0.3) is 0 Å². The molecule has 0 saturated carbocycles. The van der Waals surface area contributed by atoms with Crippen molar-refractivity contribution in [2.24, 2.45) is 0 Å². The van der Waals surface area contributed by atoms with E-state index in [1.54, 1.807) is 0 Å². The fourth-order valence-corrected chi connectivity index (χ4v) is 5.55. The molecule has 42 heavy (non-hydrogen) atoms. The third-order valence-corrected chi connectivity index (χ3v) is 8.26. The Kier molecular flexibility index (Phi) is 9.59. The number of unbranched alkanes of at least 4 members (excludes halogenated alkanes) is 3.